The molecule has 1 amide bonds. The number of thiophene rings is 1. The van der Waals surface area contributed by atoms with Crippen molar-refractivity contribution in [3.8, 4) is 0 Å². The van der Waals surface area contributed by atoms with E-state index in [2.05, 4.69) is 37.2 Å². The van der Waals surface area contributed by atoms with Crippen LogP contribution in [-0.4, -0.2) is 36.4 Å². The summed E-state index contributed by atoms with van der Waals surface area (Å²) in [5.41, 5.74) is 0.558. The largest absolute Gasteiger partial charge is 0.350 e. The Labute approximate surface area is 131 Å². The van der Waals surface area contributed by atoms with Crippen molar-refractivity contribution in [1.82, 2.24) is 15.2 Å². The summed E-state index contributed by atoms with van der Waals surface area (Å²) in [6.07, 6.45) is 3.22. The Morgan fingerprint density at radius 2 is 2.30 bits per heavy atom. The lowest BCUT2D eigenvalue weighted by atomic mass is 10.2. The molecule has 1 atom stereocenters. The predicted molar refractivity (Wildman–Crippen MR) is 85.0 cm³/mol. The van der Waals surface area contributed by atoms with Crippen molar-refractivity contribution in [3.05, 3.63) is 50.9 Å². The van der Waals surface area contributed by atoms with Crippen LogP contribution in [0.4, 0.5) is 0 Å². The van der Waals surface area contributed by atoms with Crippen molar-refractivity contribution in [2.75, 3.05) is 20.6 Å². The molecule has 0 radical (unpaired) electrons. The van der Waals surface area contributed by atoms with E-state index in [-0.39, 0.29) is 11.9 Å². The van der Waals surface area contributed by atoms with Crippen LogP contribution in [0.2, 0.25) is 0 Å². The lowest BCUT2D eigenvalue weighted by Gasteiger charge is -2.23. The zero-order valence-electron chi connectivity index (χ0n) is 11.3. The second-order valence-electron chi connectivity index (χ2n) is 4.60. The Bertz CT molecular complexity index is 572. The van der Waals surface area contributed by atoms with Crippen LogP contribution < -0.4 is 5.32 Å². The number of halogens is 1. The van der Waals surface area contributed by atoms with Crippen LogP contribution in [0.15, 0.2) is 40.4 Å². The summed E-state index contributed by atoms with van der Waals surface area (Å²) in [6.45, 7) is 0.568. The van der Waals surface area contributed by atoms with E-state index >= 15 is 0 Å². The van der Waals surface area contributed by atoms with Crippen LogP contribution in [0, 0.1) is 0 Å². The summed E-state index contributed by atoms with van der Waals surface area (Å²) in [7, 11) is 4.02. The Hall–Kier alpha value is -1.24. The van der Waals surface area contributed by atoms with Crippen molar-refractivity contribution in [1.29, 1.82) is 0 Å². The van der Waals surface area contributed by atoms with Gasteiger partial charge in [0.1, 0.15) is 0 Å². The summed E-state index contributed by atoms with van der Waals surface area (Å²) in [5.74, 6) is -0.109. The van der Waals surface area contributed by atoms with Gasteiger partial charge in [-0.3, -0.25) is 9.78 Å². The molecule has 0 aliphatic carbocycles. The quantitative estimate of drug-likeness (QED) is 0.898. The third-order valence-electron chi connectivity index (χ3n) is 2.92. The number of nitrogens with one attached hydrogen (secondary N) is 1. The standard InChI is InChI=1S/C14H16BrN3OS/c1-18(2)12(13-4-3-5-20-13)9-17-14(19)10-6-11(15)8-16-7-10/h3-8,12H,9H2,1-2H3,(H,17,19)/t12-/m0/s1. The van der Waals surface area contributed by atoms with Gasteiger partial charge in [0.15, 0.2) is 0 Å². The van der Waals surface area contributed by atoms with Gasteiger partial charge >= 0.3 is 0 Å². The topological polar surface area (TPSA) is 45.2 Å². The van der Waals surface area contributed by atoms with Crippen LogP contribution in [-0.2, 0) is 0 Å². The molecule has 0 aliphatic heterocycles. The highest BCUT2D eigenvalue weighted by Crippen LogP contribution is 2.22. The number of amides is 1. The molecule has 0 unspecified atom stereocenters. The number of aromatic nitrogens is 1. The number of hydrogen-bond acceptors (Lipinski definition) is 4. The maximum Gasteiger partial charge on any atom is 0.252 e. The molecule has 4 nitrogen and oxygen atoms in total. The van der Waals surface area contributed by atoms with Gasteiger partial charge in [-0.05, 0) is 47.5 Å². The molecule has 0 fully saturated rings. The maximum atomic E-state index is 12.1. The molecule has 0 aromatic carbocycles. The maximum absolute atomic E-state index is 12.1. The zero-order chi connectivity index (χ0) is 14.5. The molecule has 2 aromatic rings. The van der Waals surface area contributed by atoms with E-state index in [1.807, 2.05) is 25.5 Å². The second kappa shape index (κ2) is 6.97. The number of carbonyl (C=O) groups excluding carboxylic acids is 1. The molecule has 0 bridgehead atoms. The van der Waals surface area contributed by atoms with Gasteiger partial charge in [-0.1, -0.05) is 6.07 Å². The number of hydrogen-bond donors (Lipinski definition) is 1. The number of likely N-dealkylation sites (N-methyl/N-ethyl adjacent to an activating group) is 1. The van der Waals surface area contributed by atoms with Crippen molar-refractivity contribution in [3.63, 3.8) is 0 Å². The predicted octanol–water partition coefficient (Wildman–Crippen LogP) is 2.94. The molecule has 2 heterocycles. The fourth-order valence-corrected chi connectivity index (χ4v) is 3.13. The highest BCUT2D eigenvalue weighted by Gasteiger charge is 2.16. The third kappa shape index (κ3) is 3.88. The zero-order valence-corrected chi connectivity index (χ0v) is 13.7. The van der Waals surface area contributed by atoms with E-state index in [0.29, 0.717) is 12.1 Å². The molecule has 0 spiro atoms. The summed E-state index contributed by atoms with van der Waals surface area (Å²) < 4.78 is 0.799. The Morgan fingerprint density at radius 3 is 2.90 bits per heavy atom. The van der Waals surface area contributed by atoms with Gasteiger partial charge in [-0.15, -0.1) is 11.3 Å². The van der Waals surface area contributed by atoms with E-state index < -0.39 is 0 Å². The summed E-state index contributed by atoms with van der Waals surface area (Å²) in [6, 6.07) is 6.05. The van der Waals surface area contributed by atoms with Gasteiger partial charge in [0.25, 0.3) is 5.91 Å². The fraction of sp³-hybridized carbons (Fsp3) is 0.286. The number of nitrogens with zero attached hydrogens (tertiary/aromatic N) is 2. The second-order valence-corrected chi connectivity index (χ2v) is 6.49. The highest BCUT2D eigenvalue weighted by atomic mass is 79.9. The minimum atomic E-state index is -0.109. The molecule has 0 saturated carbocycles. The first-order chi connectivity index (χ1) is 9.58. The van der Waals surface area contributed by atoms with E-state index in [1.165, 1.54) is 4.88 Å². The van der Waals surface area contributed by atoms with Gasteiger partial charge in [-0.25, -0.2) is 0 Å². The first kappa shape index (κ1) is 15.2. The normalized spacial score (nSPS) is 12.4. The monoisotopic (exact) mass is 353 g/mol. The molecule has 6 heteroatoms. The van der Waals surface area contributed by atoms with Gasteiger partial charge in [0.2, 0.25) is 0 Å². The Kier molecular flexibility index (Phi) is 5.28. The van der Waals surface area contributed by atoms with E-state index in [0.717, 1.165) is 4.47 Å². The van der Waals surface area contributed by atoms with Crippen LogP contribution >= 0.6 is 27.3 Å². The van der Waals surface area contributed by atoms with Gasteiger partial charge in [0, 0.05) is 28.3 Å². The molecule has 0 aliphatic rings. The first-order valence-electron chi connectivity index (χ1n) is 6.16. The molecule has 106 valence electrons. The summed E-state index contributed by atoms with van der Waals surface area (Å²) in [4.78, 5) is 19.4. The number of rotatable bonds is 5. The molecule has 1 N–H and O–H groups in total. The lowest BCUT2D eigenvalue weighted by Crippen LogP contribution is -2.34. The molecule has 2 aromatic heterocycles. The SMILES string of the molecule is CN(C)[C@@H](CNC(=O)c1cncc(Br)c1)c1cccs1. The van der Waals surface area contributed by atoms with Crippen LogP contribution in [0.3, 0.4) is 0 Å². The van der Waals surface area contributed by atoms with Crippen LogP contribution in [0.25, 0.3) is 0 Å². The van der Waals surface area contributed by atoms with Crippen LogP contribution in [0.5, 0.6) is 0 Å². The fourth-order valence-electron chi connectivity index (χ4n) is 1.85. The minimum absolute atomic E-state index is 0.109. The lowest BCUT2D eigenvalue weighted by molar-refractivity contribution is 0.0942. The van der Waals surface area contributed by atoms with Crippen LogP contribution in [0.1, 0.15) is 21.3 Å². The number of carbonyl (C=O) groups is 1. The third-order valence-corrected chi connectivity index (χ3v) is 4.33. The average molecular weight is 354 g/mol. The van der Waals surface area contributed by atoms with Crippen molar-refractivity contribution in [2.45, 2.75) is 6.04 Å². The van der Waals surface area contributed by atoms with E-state index in [1.54, 1.807) is 29.8 Å². The van der Waals surface area contributed by atoms with Gasteiger partial charge < -0.3 is 10.2 Å². The number of pyridine rings is 1. The smallest absolute Gasteiger partial charge is 0.252 e. The Balaban J connectivity index is 2.01. The summed E-state index contributed by atoms with van der Waals surface area (Å²) in [5, 5.41) is 5.01. The van der Waals surface area contributed by atoms with Crippen molar-refractivity contribution in [2.24, 2.45) is 0 Å². The molecule has 20 heavy (non-hydrogen) atoms. The highest BCUT2D eigenvalue weighted by molar-refractivity contribution is 9.10. The minimum Gasteiger partial charge on any atom is -0.350 e. The Morgan fingerprint density at radius 1 is 1.50 bits per heavy atom. The van der Waals surface area contributed by atoms with Gasteiger partial charge in [-0.2, -0.15) is 0 Å². The first-order valence-corrected chi connectivity index (χ1v) is 7.84. The molecular formula is C14H16BrN3OS. The average Bonchev–Trinajstić information content (AvgIpc) is 2.92. The van der Waals surface area contributed by atoms with Crippen molar-refractivity contribution >= 4 is 33.2 Å². The molecule has 2 rings (SSSR count). The van der Waals surface area contributed by atoms with Gasteiger partial charge in [0.05, 0.1) is 11.6 Å². The van der Waals surface area contributed by atoms with E-state index in [4.69, 9.17) is 0 Å². The summed E-state index contributed by atoms with van der Waals surface area (Å²) >= 11 is 5.01. The van der Waals surface area contributed by atoms with Crippen molar-refractivity contribution < 1.29 is 4.79 Å². The molecule has 0 saturated heterocycles. The van der Waals surface area contributed by atoms with E-state index in [9.17, 15) is 4.79 Å². The molecular weight excluding hydrogens is 338 g/mol.